The average Bonchev–Trinajstić information content (AvgIpc) is 2.82. The molecule has 16 heavy (non-hydrogen) atoms. The monoisotopic (exact) mass is 218 g/mol. The summed E-state index contributed by atoms with van der Waals surface area (Å²) in [6.45, 7) is 2.08. The molecular formula is C12H14N2O2. The fourth-order valence-corrected chi connectivity index (χ4v) is 1.98. The predicted molar refractivity (Wildman–Crippen MR) is 60.4 cm³/mol. The van der Waals surface area contributed by atoms with Crippen LogP contribution in [0.3, 0.4) is 0 Å². The zero-order valence-corrected chi connectivity index (χ0v) is 8.95. The highest BCUT2D eigenvalue weighted by molar-refractivity contribution is 5.48. The summed E-state index contributed by atoms with van der Waals surface area (Å²) < 4.78 is 11.2. The Morgan fingerprint density at radius 2 is 2.12 bits per heavy atom. The summed E-state index contributed by atoms with van der Waals surface area (Å²) in [4.78, 5) is 0. The van der Waals surface area contributed by atoms with Crippen LogP contribution in [-0.2, 0) is 6.42 Å². The maximum atomic E-state index is 5.66. The number of benzene rings is 1. The van der Waals surface area contributed by atoms with Gasteiger partial charge in [-0.1, -0.05) is 12.1 Å². The summed E-state index contributed by atoms with van der Waals surface area (Å²) in [5.74, 6) is 1.75. The number of nitrogens with one attached hydrogen (secondary N) is 2. The van der Waals surface area contributed by atoms with E-state index in [0.29, 0.717) is 13.2 Å². The fraction of sp³-hybridized carbons (Fsp3) is 0.333. The van der Waals surface area contributed by atoms with Gasteiger partial charge in [-0.2, -0.15) is 0 Å². The highest BCUT2D eigenvalue weighted by Gasteiger charge is 2.16. The molecule has 0 spiro atoms. The van der Waals surface area contributed by atoms with Crippen molar-refractivity contribution < 1.29 is 9.47 Å². The van der Waals surface area contributed by atoms with Gasteiger partial charge in [-0.25, -0.2) is 0 Å². The smallest absolute Gasteiger partial charge is 0.164 e. The highest BCUT2D eigenvalue weighted by atomic mass is 16.6. The lowest BCUT2D eigenvalue weighted by Gasteiger charge is -2.21. The number of para-hydroxylation sites is 1. The lowest BCUT2D eigenvalue weighted by molar-refractivity contribution is 0.170. The third-order valence-electron chi connectivity index (χ3n) is 2.72. The van der Waals surface area contributed by atoms with Crippen molar-refractivity contribution in [1.82, 2.24) is 10.6 Å². The Balaban J connectivity index is 1.88. The van der Waals surface area contributed by atoms with Crippen molar-refractivity contribution in [3.63, 3.8) is 0 Å². The topological polar surface area (TPSA) is 42.5 Å². The Kier molecular flexibility index (Phi) is 2.33. The van der Waals surface area contributed by atoms with Gasteiger partial charge in [-0.05, 0) is 6.07 Å². The van der Waals surface area contributed by atoms with Gasteiger partial charge in [0.2, 0.25) is 0 Å². The van der Waals surface area contributed by atoms with E-state index in [1.165, 1.54) is 11.3 Å². The Labute approximate surface area is 94.2 Å². The fourth-order valence-electron chi connectivity index (χ4n) is 1.98. The van der Waals surface area contributed by atoms with Crippen LogP contribution in [0.15, 0.2) is 30.1 Å². The lowest BCUT2D eigenvalue weighted by atomic mass is 10.1. The maximum Gasteiger partial charge on any atom is 0.164 e. The van der Waals surface area contributed by atoms with E-state index in [-0.39, 0.29) is 0 Å². The molecular weight excluding hydrogens is 204 g/mol. The number of allylic oxidation sites excluding steroid dienone is 1. The minimum Gasteiger partial charge on any atom is -0.486 e. The van der Waals surface area contributed by atoms with Crippen LogP contribution in [0.2, 0.25) is 0 Å². The number of rotatable bonds is 2. The van der Waals surface area contributed by atoms with Crippen molar-refractivity contribution in [3.05, 3.63) is 35.7 Å². The molecule has 0 bridgehead atoms. The second-order valence-electron chi connectivity index (χ2n) is 3.85. The normalized spacial score (nSPS) is 17.4. The number of hydrogen-bond donors (Lipinski definition) is 2. The van der Waals surface area contributed by atoms with Crippen LogP contribution in [0, 0.1) is 0 Å². The summed E-state index contributed by atoms with van der Waals surface area (Å²) in [6, 6.07) is 6.03. The van der Waals surface area contributed by atoms with E-state index in [9.17, 15) is 0 Å². The van der Waals surface area contributed by atoms with Crippen LogP contribution in [0.5, 0.6) is 11.5 Å². The van der Waals surface area contributed by atoms with Crippen molar-refractivity contribution in [1.29, 1.82) is 0 Å². The molecule has 2 aliphatic rings. The maximum absolute atomic E-state index is 5.66. The first-order valence-corrected chi connectivity index (χ1v) is 5.47. The van der Waals surface area contributed by atoms with Crippen molar-refractivity contribution in [3.8, 4) is 11.5 Å². The summed E-state index contributed by atoms with van der Waals surface area (Å²) in [6.07, 6.45) is 2.85. The van der Waals surface area contributed by atoms with Crippen LogP contribution in [0.4, 0.5) is 0 Å². The highest BCUT2D eigenvalue weighted by Crippen LogP contribution is 2.34. The van der Waals surface area contributed by atoms with Crippen molar-refractivity contribution >= 4 is 0 Å². The van der Waals surface area contributed by atoms with Crippen LogP contribution in [0.1, 0.15) is 5.56 Å². The quantitative estimate of drug-likeness (QED) is 0.777. The molecule has 0 amide bonds. The Morgan fingerprint density at radius 1 is 1.19 bits per heavy atom. The summed E-state index contributed by atoms with van der Waals surface area (Å²) in [7, 11) is 0. The Bertz CT molecular complexity index is 429. The van der Waals surface area contributed by atoms with Crippen LogP contribution >= 0.6 is 0 Å². The number of fused-ring (bicyclic) bond motifs is 1. The van der Waals surface area contributed by atoms with E-state index >= 15 is 0 Å². The zero-order chi connectivity index (χ0) is 10.8. The van der Waals surface area contributed by atoms with Crippen molar-refractivity contribution in [2.75, 3.05) is 19.9 Å². The van der Waals surface area contributed by atoms with Crippen molar-refractivity contribution in [2.24, 2.45) is 0 Å². The molecule has 1 aromatic carbocycles. The third kappa shape index (κ3) is 1.66. The molecule has 0 aromatic heterocycles. The standard InChI is InChI=1S/C12H14N2O2/c1-2-9(6-10-7-13-8-14-10)12-11(3-1)15-4-5-16-12/h1-3,7,13-14H,4-6,8H2. The molecule has 2 heterocycles. The van der Waals surface area contributed by atoms with E-state index < -0.39 is 0 Å². The van der Waals surface area contributed by atoms with E-state index in [1.807, 2.05) is 18.3 Å². The van der Waals surface area contributed by atoms with Gasteiger partial charge in [-0.3, -0.25) is 0 Å². The Morgan fingerprint density at radius 3 is 3.00 bits per heavy atom. The van der Waals surface area contributed by atoms with E-state index in [1.54, 1.807) is 0 Å². The summed E-state index contributed by atoms with van der Waals surface area (Å²) >= 11 is 0. The van der Waals surface area contributed by atoms with E-state index in [0.717, 1.165) is 24.6 Å². The molecule has 0 aliphatic carbocycles. The summed E-state index contributed by atoms with van der Waals surface area (Å²) in [5.41, 5.74) is 2.35. The minimum atomic E-state index is 0.634. The number of hydrogen-bond acceptors (Lipinski definition) is 4. The molecule has 4 nitrogen and oxygen atoms in total. The first-order chi connectivity index (χ1) is 7.93. The first-order valence-electron chi connectivity index (χ1n) is 5.47. The van der Waals surface area contributed by atoms with Gasteiger partial charge in [0, 0.05) is 23.9 Å². The van der Waals surface area contributed by atoms with Gasteiger partial charge < -0.3 is 20.1 Å². The molecule has 4 heteroatoms. The van der Waals surface area contributed by atoms with Crippen LogP contribution < -0.4 is 20.1 Å². The largest absolute Gasteiger partial charge is 0.486 e. The van der Waals surface area contributed by atoms with E-state index in [2.05, 4.69) is 16.7 Å². The van der Waals surface area contributed by atoms with Crippen LogP contribution in [0.25, 0.3) is 0 Å². The second-order valence-corrected chi connectivity index (χ2v) is 3.85. The van der Waals surface area contributed by atoms with Gasteiger partial charge >= 0.3 is 0 Å². The Hall–Kier alpha value is -1.84. The minimum absolute atomic E-state index is 0.634. The SMILES string of the molecule is C1=C(Cc2cccc3c2OCCO3)NCN1. The van der Waals surface area contributed by atoms with Crippen molar-refractivity contribution in [2.45, 2.75) is 6.42 Å². The molecule has 1 aromatic rings. The molecule has 0 unspecified atom stereocenters. The zero-order valence-electron chi connectivity index (χ0n) is 8.95. The van der Waals surface area contributed by atoms with Gasteiger partial charge in [-0.15, -0.1) is 0 Å². The molecule has 0 saturated heterocycles. The predicted octanol–water partition coefficient (Wildman–Crippen LogP) is 0.992. The second kappa shape index (κ2) is 3.96. The summed E-state index contributed by atoms with van der Waals surface area (Å²) in [5, 5.41) is 6.39. The number of ether oxygens (including phenoxy) is 2. The van der Waals surface area contributed by atoms with E-state index in [4.69, 9.17) is 9.47 Å². The molecule has 2 aliphatic heterocycles. The molecule has 3 rings (SSSR count). The molecule has 0 atom stereocenters. The molecule has 84 valence electrons. The molecule has 0 radical (unpaired) electrons. The molecule has 0 fully saturated rings. The third-order valence-corrected chi connectivity index (χ3v) is 2.72. The molecule has 0 saturated carbocycles. The van der Waals surface area contributed by atoms with Gasteiger partial charge in [0.15, 0.2) is 11.5 Å². The van der Waals surface area contributed by atoms with Crippen LogP contribution in [-0.4, -0.2) is 19.9 Å². The van der Waals surface area contributed by atoms with Gasteiger partial charge in [0.05, 0.1) is 6.67 Å². The average molecular weight is 218 g/mol. The lowest BCUT2D eigenvalue weighted by Crippen LogP contribution is -2.18. The van der Waals surface area contributed by atoms with Gasteiger partial charge in [0.1, 0.15) is 13.2 Å². The molecule has 2 N–H and O–H groups in total. The first kappa shape index (κ1) is 9.39. The van der Waals surface area contributed by atoms with Gasteiger partial charge in [0.25, 0.3) is 0 Å².